The number of piperidine rings is 1. The molecule has 0 spiro atoms. The molecule has 1 saturated heterocycles. The lowest BCUT2D eigenvalue weighted by Crippen LogP contribution is -2.42. The number of hydrogen-bond acceptors (Lipinski definition) is 2. The van der Waals surface area contributed by atoms with Crippen LogP contribution in [-0.4, -0.2) is 36.9 Å². The van der Waals surface area contributed by atoms with E-state index in [9.17, 15) is 8.42 Å². The van der Waals surface area contributed by atoms with Crippen LogP contribution in [0.3, 0.4) is 0 Å². The molecular formula is C7H14BrNO2S. The Kier molecular flexibility index (Phi) is 3.17. The van der Waals surface area contributed by atoms with Crippen molar-refractivity contribution in [3.63, 3.8) is 0 Å². The van der Waals surface area contributed by atoms with E-state index in [0.29, 0.717) is 23.8 Å². The first-order valence-corrected chi connectivity index (χ1v) is 6.77. The molecule has 0 aromatic carbocycles. The van der Waals surface area contributed by atoms with E-state index < -0.39 is 10.0 Å². The highest BCUT2D eigenvalue weighted by Crippen LogP contribution is 2.24. The van der Waals surface area contributed by atoms with Crippen molar-refractivity contribution >= 4 is 26.0 Å². The second-order valence-electron chi connectivity index (χ2n) is 3.40. The fourth-order valence-electron chi connectivity index (χ4n) is 1.38. The Hall–Kier alpha value is 0.390. The topological polar surface area (TPSA) is 37.4 Å². The lowest BCUT2D eigenvalue weighted by atomic mass is 10.0. The minimum Gasteiger partial charge on any atom is -0.213 e. The van der Waals surface area contributed by atoms with Gasteiger partial charge in [-0.25, -0.2) is 12.7 Å². The van der Waals surface area contributed by atoms with Gasteiger partial charge in [0, 0.05) is 17.9 Å². The second-order valence-corrected chi connectivity index (χ2v) is 6.56. The van der Waals surface area contributed by atoms with Crippen LogP contribution >= 0.6 is 15.9 Å². The Labute approximate surface area is 82.3 Å². The van der Waals surface area contributed by atoms with Gasteiger partial charge in [-0.3, -0.25) is 0 Å². The zero-order valence-corrected chi connectivity index (χ0v) is 9.73. The first-order chi connectivity index (χ1) is 5.41. The summed E-state index contributed by atoms with van der Waals surface area (Å²) in [6.45, 7) is 3.37. The van der Waals surface area contributed by atoms with Gasteiger partial charge in [0.1, 0.15) is 0 Å². The molecular weight excluding hydrogens is 242 g/mol. The van der Waals surface area contributed by atoms with E-state index >= 15 is 0 Å². The zero-order chi connectivity index (χ0) is 9.35. The largest absolute Gasteiger partial charge is 0.213 e. The van der Waals surface area contributed by atoms with Gasteiger partial charge < -0.3 is 0 Å². The molecule has 0 saturated carbocycles. The minimum absolute atomic E-state index is 0.411. The summed E-state index contributed by atoms with van der Waals surface area (Å²) in [6, 6.07) is 0. The van der Waals surface area contributed by atoms with E-state index in [2.05, 4.69) is 22.9 Å². The van der Waals surface area contributed by atoms with Crippen LogP contribution in [0.25, 0.3) is 0 Å². The lowest BCUT2D eigenvalue weighted by molar-refractivity contribution is 0.293. The molecule has 3 nitrogen and oxygen atoms in total. The van der Waals surface area contributed by atoms with Crippen molar-refractivity contribution in [1.29, 1.82) is 0 Å². The highest BCUT2D eigenvalue weighted by molar-refractivity contribution is 9.09. The molecule has 0 aliphatic carbocycles. The zero-order valence-electron chi connectivity index (χ0n) is 7.33. The van der Waals surface area contributed by atoms with Gasteiger partial charge in [-0.2, -0.15) is 0 Å². The predicted molar refractivity (Wildman–Crippen MR) is 52.9 cm³/mol. The summed E-state index contributed by atoms with van der Waals surface area (Å²) in [5.74, 6) is 0.411. The molecule has 2 unspecified atom stereocenters. The SMILES string of the molecule is CC1CN(S(C)(=O)=O)CCC1Br. The summed E-state index contributed by atoms with van der Waals surface area (Å²) in [5.41, 5.74) is 0. The van der Waals surface area contributed by atoms with Crippen molar-refractivity contribution in [3.8, 4) is 0 Å². The van der Waals surface area contributed by atoms with Crippen molar-refractivity contribution in [2.75, 3.05) is 19.3 Å². The van der Waals surface area contributed by atoms with Gasteiger partial charge in [0.25, 0.3) is 0 Å². The molecule has 72 valence electrons. The van der Waals surface area contributed by atoms with Crippen LogP contribution < -0.4 is 0 Å². The van der Waals surface area contributed by atoms with E-state index in [1.807, 2.05) is 0 Å². The number of halogens is 1. The minimum atomic E-state index is -2.97. The highest BCUT2D eigenvalue weighted by Gasteiger charge is 2.28. The number of sulfonamides is 1. The van der Waals surface area contributed by atoms with Crippen LogP contribution in [0.5, 0.6) is 0 Å². The average Bonchev–Trinajstić information content (AvgIpc) is 1.92. The normalized spacial score (nSPS) is 33.6. The third-order valence-electron chi connectivity index (χ3n) is 2.23. The fourth-order valence-corrected chi connectivity index (χ4v) is 2.69. The van der Waals surface area contributed by atoms with E-state index in [1.165, 1.54) is 6.26 Å². The lowest BCUT2D eigenvalue weighted by Gasteiger charge is -2.32. The Morgan fingerprint density at radius 2 is 2.08 bits per heavy atom. The molecule has 12 heavy (non-hydrogen) atoms. The van der Waals surface area contributed by atoms with Crippen molar-refractivity contribution in [2.45, 2.75) is 18.2 Å². The standard InChI is InChI=1S/C7H14BrNO2S/c1-6-5-9(12(2,10)11)4-3-7(6)8/h6-7H,3-5H2,1-2H3. The average molecular weight is 256 g/mol. The number of alkyl halides is 1. The van der Waals surface area contributed by atoms with Crippen LogP contribution in [0.4, 0.5) is 0 Å². The summed E-state index contributed by atoms with van der Waals surface area (Å²) >= 11 is 3.53. The van der Waals surface area contributed by atoms with E-state index in [1.54, 1.807) is 4.31 Å². The Morgan fingerprint density at radius 1 is 1.50 bits per heavy atom. The molecule has 1 aliphatic heterocycles. The molecule has 0 radical (unpaired) electrons. The number of hydrogen-bond donors (Lipinski definition) is 0. The van der Waals surface area contributed by atoms with Crippen LogP contribution in [-0.2, 0) is 10.0 Å². The van der Waals surface area contributed by atoms with Gasteiger partial charge in [0.05, 0.1) is 6.26 Å². The van der Waals surface area contributed by atoms with Crippen molar-refractivity contribution in [1.82, 2.24) is 4.31 Å². The van der Waals surface area contributed by atoms with Crippen molar-refractivity contribution in [2.24, 2.45) is 5.92 Å². The van der Waals surface area contributed by atoms with Crippen LogP contribution in [0.1, 0.15) is 13.3 Å². The first kappa shape index (κ1) is 10.5. The third kappa shape index (κ3) is 2.44. The third-order valence-corrected chi connectivity index (χ3v) is 4.86. The van der Waals surface area contributed by atoms with E-state index in [0.717, 1.165) is 6.42 Å². The number of nitrogens with zero attached hydrogens (tertiary/aromatic N) is 1. The Balaban J connectivity index is 2.64. The molecule has 0 amide bonds. The summed E-state index contributed by atoms with van der Waals surface area (Å²) in [4.78, 5) is 0.468. The summed E-state index contributed by atoms with van der Waals surface area (Å²) in [7, 11) is -2.97. The van der Waals surface area contributed by atoms with E-state index in [4.69, 9.17) is 0 Å². The maximum atomic E-state index is 11.1. The van der Waals surface area contributed by atoms with Gasteiger partial charge >= 0.3 is 0 Å². The van der Waals surface area contributed by atoms with Crippen LogP contribution in [0.2, 0.25) is 0 Å². The molecule has 1 fully saturated rings. The van der Waals surface area contributed by atoms with Gasteiger partial charge in [0.2, 0.25) is 10.0 Å². The Bertz CT molecular complexity index is 252. The maximum Gasteiger partial charge on any atom is 0.211 e. The van der Waals surface area contributed by atoms with Crippen LogP contribution in [0, 0.1) is 5.92 Å². The molecule has 1 rings (SSSR count). The van der Waals surface area contributed by atoms with Gasteiger partial charge in [-0.1, -0.05) is 22.9 Å². The molecule has 0 bridgehead atoms. The Morgan fingerprint density at radius 3 is 2.50 bits per heavy atom. The fraction of sp³-hybridized carbons (Fsp3) is 1.00. The van der Waals surface area contributed by atoms with Gasteiger partial charge in [-0.05, 0) is 12.3 Å². The summed E-state index contributed by atoms with van der Waals surface area (Å²) < 4.78 is 23.8. The van der Waals surface area contributed by atoms with Gasteiger partial charge in [0.15, 0.2) is 0 Å². The highest BCUT2D eigenvalue weighted by atomic mass is 79.9. The smallest absolute Gasteiger partial charge is 0.211 e. The van der Waals surface area contributed by atoms with E-state index in [-0.39, 0.29) is 0 Å². The van der Waals surface area contributed by atoms with Crippen LogP contribution in [0.15, 0.2) is 0 Å². The van der Waals surface area contributed by atoms with Crippen molar-refractivity contribution < 1.29 is 8.42 Å². The van der Waals surface area contributed by atoms with Gasteiger partial charge in [-0.15, -0.1) is 0 Å². The predicted octanol–water partition coefficient (Wildman–Crippen LogP) is 1.05. The molecule has 2 atom stereocenters. The summed E-state index contributed by atoms with van der Waals surface area (Å²) in [6.07, 6.45) is 2.18. The second kappa shape index (κ2) is 3.64. The molecule has 1 aliphatic rings. The first-order valence-electron chi connectivity index (χ1n) is 4.00. The van der Waals surface area contributed by atoms with Crippen molar-refractivity contribution in [3.05, 3.63) is 0 Å². The molecule has 0 N–H and O–H groups in total. The molecule has 1 heterocycles. The molecule has 5 heteroatoms. The maximum absolute atomic E-state index is 11.1. The monoisotopic (exact) mass is 255 g/mol. The summed E-state index contributed by atoms with van der Waals surface area (Å²) in [5, 5.41) is 0. The quantitative estimate of drug-likeness (QED) is 0.658. The number of rotatable bonds is 1. The molecule has 0 aromatic rings. The molecule has 0 aromatic heterocycles.